The second kappa shape index (κ2) is 9.58. The SMILES string of the molecule is CCNC(=O)[C@@H](C)[NH+]1CC[NH+](CC(=O)Nc2ccc(Cl)c(C(F)(F)F)c2)CC1. The lowest BCUT2D eigenvalue weighted by Gasteiger charge is -2.32. The van der Waals surface area contributed by atoms with Gasteiger partial charge in [0.25, 0.3) is 11.8 Å². The van der Waals surface area contributed by atoms with Crippen molar-refractivity contribution in [2.75, 3.05) is 44.6 Å². The monoisotopic (exact) mass is 422 g/mol. The maximum absolute atomic E-state index is 12.9. The Morgan fingerprint density at radius 3 is 2.43 bits per heavy atom. The molecule has 2 rings (SSSR count). The van der Waals surface area contributed by atoms with Crippen molar-refractivity contribution in [2.24, 2.45) is 0 Å². The van der Waals surface area contributed by atoms with Gasteiger partial charge in [-0.3, -0.25) is 9.59 Å². The first-order chi connectivity index (χ1) is 13.1. The van der Waals surface area contributed by atoms with Gasteiger partial charge < -0.3 is 20.4 Å². The fourth-order valence-corrected chi connectivity index (χ4v) is 3.52. The minimum atomic E-state index is -4.58. The van der Waals surface area contributed by atoms with Crippen molar-refractivity contribution >= 4 is 29.1 Å². The summed E-state index contributed by atoms with van der Waals surface area (Å²) in [6.07, 6.45) is -4.58. The molecule has 28 heavy (non-hydrogen) atoms. The van der Waals surface area contributed by atoms with Crippen LogP contribution in [0.4, 0.5) is 18.9 Å². The molecule has 1 aromatic rings. The molecule has 0 aliphatic carbocycles. The van der Waals surface area contributed by atoms with Crippen LogP contribution >= 0.6 is 11.6 Å². The van der Waals surface area contributed by atoms with Gasteiger partial charge in [0.1, 0.15) is 26.2 Å². The van der Waals surface area contributed by atoms with Gasteiger partial charge in [-0.25, -0.2) is 0 Å². The zero-order valence-electron chi connectivity index (χ0n) is 15.9. The van der Waals surface area contributed by atoms with Crippen molar-refractivity contribution < 1.29 is 32.6 Å². The summed E-state index contributed by atoms with van der Waals surface area (Å²) >= 11 is 5.59. The van der Waals surface area contributed by atoms with Gasteiger partial charge in [-0.05, 0) is 32.0 Å². The van der Waals surface area contributed by atoms with Crippen molar-refractivity contribution in [3.05, 3.63) is 28.8 Å². The summed E-state index contributed by atoms with van der Waals surface area (Å²) in [6, 6.07) is 3.16. The molecule has 0 saturated carbocycles. The number of anilines is 1. The predicted octanol–water partition coefficient (Wildman–Crippen LogP) is -0.395. The molecular formula is C18H26ClF3N4O2+2. The maximum atomic E-state index is 12.9. The quantitative estimate of drug-likeness (QED) is 0.504. The largest absolute Gasteiger partial charge is 0.417 e. The van der Waals surface area contributed by atoms with Crippen molar-refractivity contribution in [2.45, 2.75) is 26.1 Å². The number of quaternary nitrogens is 2. The molecule has 1 fully saturated rings. The Labute approximate surface area is 167 Å². The molecule has 1 aromatic carbocycles. The number of piperazine rings is 1. The van der Waals surface area contributed by atoms with Crippen molar-refractivity contribution in [1.82, 2.24) is 5.32 Å². The lowest BCUT2D eigenvalue weighted by Crippen LogP contribution is -3.30. The lowest BCUT2D eigenvalue weighted by molar-refractivity contribution is -1.01. The molecule has 1 aliphatic heterocycles. The molecule has 0 aromatic heterocycles. The first-order valence-electron chi connectivity index (χ1n) is 9.24. The van der Waals surface area contributed by atoms with Gasteiger partial charge in [0, 0.05) is 12.2 Å². The van der Waals surface area contributed by atoms with E-state index in [0.29, 0.717) is 19.6 Å². The molecule has 1 atom stereocenters. The molecule has 4 N–H and O–H groups in total. The molecule has 0 spiro atoms. The lowest BCUT2D eigenvalue weighted by atomic mass is 10.2. The van der Waals surface area contributed by atoms with Gasteiger partial charge in [-0.15, -0.1) is 0 Å². The Hall–Kier alpha value is -1.84. The molecule has 10 heteroatoms. The first-order valence-corrected chi connectivity index (χ1v) is 9.62. The molecule has 156 valence electrons. The normalized spacial score (nSPS) is 21.1. The summed E-state index contributed by atoms with van der Waals surface area (Å²) in [5.41, 5.74) is -0.911. The smallest absolute Gasteiger partial charge is 0.351 e. The van der Waals surface area contributed by atoms with Crippen LogP contribution in [-0.4, -0.2) is 57.1 Å². The summed E-state index contributed by atoms with van der Waals surface area (Å²) in [4.78, 5) is 26.4. The van der Waals surface area contributed by atoms with Gasteiger partial charge in [0.15, 0.2) is 12.6 Å². The standard InChI is InChI=1S/C18H24ClF3N4O2/c1-3-23-17(28)12(2)26-8-6-25(7-9-26)11-16(27)24-13-4-5-15(19)14(10-13)18(20,21)22/h4-5,10,12H,3,6-9,11H2,1-2H3,(H,23,28)(H,24,27)/p+2/t12-/m1/s1. The number of likely N-dealkylation sites (N-methyl/N-ethyl adjacent to an activating group) is 1. The van der Waals surface area contributed by atoms with E-state index < -0.39 is 16.8 Å². The fourth-order valence-electron chi connectivity index (χ4n) is 3.30. The maximum Gasteiger partial charge on any atom is 0.417 e. The first kappa shape index (κ1) is 22.4. The van der Waals surface area contributed by atoms with E-state index in [1.54, 1.807) is 0 Å². The predicted molar refractivity (Wildman–Crippen MR) is 99.5 cm³/mol. The van der Waals surface area contributed by atoms with Gasteiger partial charge in [0.2, 0.25) is 0 Å². The van der Waals surface area contributed by atoms with Crippen LogP contribution in [-0.2, 0) is 15.8 Å². The third-order valence-corrected chi connectivity index (χ3v) is 5.25. The fraction of sp³-hybridized carbons (Fsp3) is 0.556. The average molecular weight is 423 g/mol. The summed E-state index contributed by atoms with van der Waals surface area (Å²) < 4.78 is 38.7. The highest BCUT2D eigenvalue weighted by Crippen LogP contribution is 2.36. The zero-order valence-corrected chi connectivity index (χ0v) is 16.6. The number of benzene rings is 1. The van der Waals surface area contributed by atoms with Crippen LogP contribution in [0.1, 0.15) is 19.4 Å². The molecule has 0 unspecified atom stereocenters. The summed E-state index contributed by atoms with van der Waals surface area (Å²) in [5.74, 6) is -0.340. The summed E-state index contributed by atoms with van der Waals surface area (Å²) in [5, 5.41) is 4.91. The molecule has 1 heterocycles. The van der Waals surface area contributed by atoms with Crippen LogP contribution in [0.2, 0.25) is 5.02 Å². The molecular weight excluding hydrogens is 397 g/mol. The highest BCUT2D eigenvalue weighted by molar-refractivity contribution is 6.31. The van der Waals surface area contributed by atoms with E-state index in [0.717, 1.165) is 30.1 Å². The minimum Gasteiger partial charge on any atom is -0.351 e. The molecule has 6 nitrogen and oxygen atoms in total. The van der Waals surface area contributed by atoms with Crippen LogP contribution < -0.4 is 20.4 Å². The molecule has 0 bridgehead atoms. The number of hydrogen-bond acceptors (Lipinski definition) is 2. The Kier molecular flexibility index (Phi) is 7.68. The number of carbonyl (C=O) groups is 2. The third kappa shape index (κ3) is 6.08. The Balaban J connectivity index is 1.86. The van der Waals surface area contributed by atoms with Gasteiger partial charge in [0.05, 0.1) is 10.6 Å². The van der Waals surface area contributed by atoms with E-state index in [1.807, 2.05) is 13.8 Å². The number of amides is 2. The second-order valence-electron chi connectivity index (χ2n) is 6.94. The average Bonchev–Trinajstić information content (AvgIpc) is 2.62. The van der Waals surface area contributed by atoms with Gasteiger partial charge in [-0.1, -0.05) is 11.6 Å². The molecule has 0 radical (unpaired) electrons. The number of halogens is 4. The van der Waals surface area contributed by atoms with E-state index >= 15 is 0 Å². The number of hydrogen-bond donors (Lipinski definition) is 4. The van der Waals surface area contributed by atoms with Crippen LogP contribution in [0.5, 0.6) is 0 Å². The Bertz CT molecular complexity index is 707. The zero-order chi connectivity index (χ0) is 20.9. The third-order valence-electron chi connectivity index (χ3n) is 4.92. The number of carbonyl (C=O) groups excluding carboxylic acids is 2. The molecule has 2 amide bonds. The van der Waals surface area contributed by atoms with Crippen molar-refractivity contribution in [3.63, 3.8) is 0 Å². The van der Waals surface area contributed by atoms with E-state index in [-0.39, 0.29) is 30.1 Å². The van der Waals surface area contributed by atoms with Crippen LogP contribution in [0.3, 0.4) is 0 Å². The number of alkyl halides is 3. The summed E-state index contributed by atoms with van der Waals surface area (Å²) in [7, 11) is 0. The van der Waals surface area contributed by atoms with E-state index in [4.69, 9.17) is 11.6 Å². The van der Waals surface area contributed by atoms with E-state index in [9.17, 15) is 22.8 Å². The summed E-state index contributed by atoms with van der Waals surface area (Å²) in [6.45, 7) is 7.43. The molecule has 1 aliphatic rings. The van der Waals surface area contributed by atoms with E-state index in [2.05, 4.69) is 10.6 Å². The van der Waals surface area contributed by atoms with Crippen LogP contribution in [0.25, 0.3) is 0 Å². The Morgan fingerprint density at radius 2 is 1.86 bits per heavy atom. The molecule has 1 saturated heterocycles. The van der Waals surface area contributed by atoms with Crippen molar-refractivity contribution in [1.29, 1.82) is 0 Å². The highest BCUT2D eigenvalue weighted by Gasteiger charge is 2.34. The van der Waals surface area contributed by atoms with Crippen molar-refractivity contribution in [3.8, 4) is 0 Å². The minimum absolute atomic E-state index is 0.0156. The number of nitrogens with one attached hydrogen (secondary N) is 4. The highest BCUT2D eigenvalue weighted by atomic mass is 35.5. The van der Waals surface area contributed by atoms with E-state index in [1.165, 1.54) is 11.0 Å². The van der Waals surface area contributed by atoms with Crippen LogP contribution in [0, 0.1) is 0 Å². The number of rotatable bonds is 6. The Morgan fingerprint density at radius 1 is 1.21 bits per heavy atom. The topological polar surface area (TPSA) is 67.1 Å². The van der Waals surface area contributed by atoms with Crippen LogP contribution in [0.15, 0.2) is 18.2 Å². The van der Waals surface area contributed by atoms with Gasteiger partial charge >= 0.3 is 6.18 Å². The second-order valence-corrected chi connectivity index (χ2v) is 7.35. The van der Waals surface area contributed by atoms with Gasteiger partial charge in [-0.2, -0.15) is 13.2 Å².